The minimum absolute atomic E-state index is 0.759. The van der Waals surface area contributed by atoms with E-state index in [1.165, 1.54) is 52.3 Å². The first-order chi connectivity index (χ1) is 22.0. The largest absolute Gasteiger partial charge is 0.457 e. The lowest BCUT2D eigenvalue weighted by Crippen LogP contribution is -1.99. The average molecular weight is 591 g/mol. The second-order valence-corrected chi connectivity index (χ2v) is 11.9. The molecule has 0 bridgehead atoms. The van der Waals surface area contributed by atoms with Crippen molar-refractivity contribution < 1.29 is 4.74 Å². The molecule has 0 fully saturated rings. The lowest BCUT2D eigenvalue weighted by Gasteiger charge is -2.11. The van der Waals surface area contributed by atoms with Crippen LogP contribution in [0.1, 0.15) is 48.7 Å². The summed E-state index contributed by atoms with van der Waals surface area (Å²) in [5, 5.41) is 7.35. The molecule has 0 atom stereocenters. The van der Waals surface area contributed by atoms with Crippen LogP contribution in [0.5, 0.6) is 11.5 Å². The van der Waals surface area contributed by atoms with Crippen molar-refractivity contribution in [3.63, 3.8) is 0 Å². The first kappa shape index (κ1) is 28.6. The van der Waals surface area contributed by atoms with Gasteiger partial charge in [0.2, 0.25) is 0 Å². The molecule has 7 rings (SSSR count). The Morgan fingerprint density at radius 2 is 1.56 bits per heavy atom. The number of pyridine rings is 1. The second kappa shape index (κ2) is 12.1. The number of aryl methyl sites for hydroxylation is 3. The van der Waals surface area contributed by atoms with Crippen LogP contribution in [0.2, 0.25) is 0 Å². The molecule has 0 N–H and O–H groups in total. The molecule has 0 radical (unpaired) electrons. The molecule has 5 nitrogen and oxygen atoms in total. The van der Waals surface area contributed by atoms with E-state index in [1.54, 1.807) is 0 Å². The minimum Gasteiger partial charge on any atom is -0.457 e. The summed E-state index contributed by atoms with van der Waals surface area (Å²) in [4.78, 5) is 4.78. The van der Waals surface area contributed by atoms with Gasteiger partial charge >= 0.3 is 0 Å². The summed E-state index contributed by atoms with van der Waals surface area (Å²) in [6.07, 6.45) is 6.67. The highest BCUT2D eigenvalue weighted by Gasteiger charge is 2.17. The summed E-state index contributed by atoms with van der Waals surface area (Å²) in [6.45, 7) is 8.55. The van der Waals surface area contributed by atoms with E-state index in [2.05, 4.69) is 111 Å². The minimum atomic E-state index is 0.759. The van der Waals surface area contributed by atoms with Gasteiger partial charge in [-0.2, -0.15) is 5.10 Å². The molecule has 224 valence electrons. The monoisotopic (exact) mass is 590 g/mol. The maximum atomic E-state index is 6.54. The molecule has 0 aliphatic rings. The van der Waals surface area contributed by atoms with Crippen LogP contribution in [-0.4, -0.2) is 19.3 Å². The van der Waals surface area contributed by atoms with Crippen molar-refractivity contribution in [2.75, 3.05) is 0 Å². The van der Waals surface area contributed by atoms with Crippen LogP contribution < -0.4 is 4.74 Å². The van der Waals surface area contributed by atoms with Gasteiger partial charge in [0.1, 0.15) is 17.3 Å². The van der Waals surface area contributed by atoms with E-state index >= 15 is 0 Å². The number of hydrogen-bond acceptors (Lipinski definition) is 3. The summed E-state index contributed by atoms with van der Waals surface area (Å²) in [7, 11) is 0. The molecule has 4 aromatic carbocycles. The fourth-order valence-corrected chi connectivity index (χ4v) is 6.47. The van der Waals surface area contributed by atoms with E-state index in [9.17, 15) is 0 Å². The average Bonchev–Trinajstić information content (AvgIpc) is 3.54. The van der Waals surface area contributed by atoms with Gasteiger partial charge in [-0.1, -0.05) is 62.2 Å². The molecule has 0 spiro atoms. The van der Waals surface area contributed by atoms with Crippen LogP contribution in [0, 0.1) is 20.8 Å². The zero-order valence-corrected chi connectivity index (χ0v) is 26.4. The van der Waals surface area contributed by atoms with Crippen LogP contribution in [-0.2, 0) is 6.42 Å². The summed E-state index contributed by atoms with van der Waals surface area (Å²) < 4.78 is 10.8. The van der Waals surface area contributed by atoms with E-state index in [4.69, 9.17) is 14.8 Å². The van der Waals surface area contributed by atoms with Crippen molar-refractivity contribution in [2.24, 2.45) is 0 Å². The first-order valence-electron chi connectivity index (χ1n) is 15.9. The van der Waals surface area contributed by atoms with Crippen LogP contribution in [0.3, 0.4) is 0 Å². The number of benzene rings is 4. The summed E-state index contributed by atoms with van der Waals surface area (Å²) in [6, 6.07) is 36.1. The van der Waals surface area contributed by atoms with Gasteiger partial charge in [-0.15, -0.1) is 0 Å². The van der Waals surface area contributed by atoms with Gasteiger partial charge in [-0.05, 0) is 98.8 Å². The van der Waals surface area contributed by atoms with E-state index in [0.29, 0.717) is 0 Å². The van der Waals surface area contributed by atoms with Gasteiger partial charge in [-0.25, -0.2) is 9.67 Å². The summed E-state index contributed by atoms with van der Waals surface area (Å²) in [5.41, 5.74) is 10.2. The van der Waals surface area contributed by atoms with Crippen LogP contribution in [0.4, 0.5) is 0 Å². The van der Waals surface area contributed by atoms with Crippen LogP contribution in [0.15, 0.2) is 109 Å². The zero-order valence-electron chi connectivity index (χ0n) is 26.4. The number of hydrogen-bond donors (Lipinski definition) is 0. The number of ether oxygens (including phenoxy) is 1. The molecule has 7 aromatic rings. The Balaban J connectivity index is 1.28. The molecule has 3 heterocycles. The number of nitrogens with zero attached hydrogens (tertiary/aromatic N) is 4. The van der Waals surface area contributed by atoms with E-state index in [0.717, 1.165) is 51.8 Å². The molecule has 3 aromatic heterocycles. The standard InChI is InChI=1S/C40H38N4O/c1-5-6-8-12-30-17-20-37-36(24-30)35-19-18-34(26-38(35)43(37)39-23-27(2)21-22-41-39)45-33-16-11-15-32(25-33)44-29(4)40(28(3)42-44)31-13-9-7-10-14-31/h7,9-11,13-26H,5-6,8,12H2,1-4H3. The van der Waals surface area contributed by atoms with Crippen molar-refractivity contribution in [2.45, 2.75) is 53.4 Å². The first-order valence-corrected chi connectivity index (χ1v) is 15.9. The fraction of sp³-hybridized carbons (Fsp3) is 0.200. The van der Waals surface area contributed by atoms with Gasteiger partial charge in [0.05, 0.1) is 22.4 Å². The molecular formula is C40H38N4O. The third kappa shape index (κ3) is 5.51. The Hall–Kier alpha value is -5.16. The molecule has 0 aliphatic heterocycles. The Labute approximate surface area is 264 Å². The van der Waals surface area contributed by atoms with E-state index < -0.39 is 0 Å². The second-order valence-electron chi connectivity index (χ2n) is 11.9. The van der Waals surface area contributed by atoms with Crippen LogP contribution >= 0.6 is 0 Å². The van der Waals surface area contributed by atoms with Crippen LogP contribution in [0.25, 0.3) is 44.4 Å². The normalized spacial score (nSPS) is 11.5. The van der Waals surface area contributed by atoms with Crippen molar-refractivity contribution in [3.8, 4) is 34.1 Å². The van der Waals surface area contributed by atoms with Crippen molar-refractivity contribution in [1.82, 2.24) is 19.3 Å². The molecular weight excluding hydrogens is 552 g/mol. The van der Waals surface area contributed by atoms with Gasteiger partial charge in [0, 0.05) is 40.4 Å². The Morgan fingerprint density at radius 3 is 2.38 bits per heavy atom. The SMILES string of the molecule is CCCCCc1ccc2c(c1)c1ccc(Oc3cccc(-n4nc(C)c(-c5ccccc5)c4C)c3)cc1n2-c1cc(C)ccn1. The lowest BCUT2D eigenvalue weighted by atomic mass is 10.0. The third-order valence-electron chi connectivity index (χ3n) is 8.65. The highest BCUT2D eigenvalue weighted by atomic mass is 16.5. The summed E-state index contributed by atoms with van der Waals surface area (Å²) >= 11 is 0. The maximum absolute atomic E-state index is 6.54. The Kier molecular flexibility index (Phi) is 7.68. The lowest BCUT2D eigenvalue weighted by molar-refractivity contribution is 0.483. The predicted octanol–water partition coefficient (Wildman–Crippen LogP) is 10.5. The van der Waals surface area contributed by atoms with Crippen molar-refractivity contribution >= 4 is 21.8 Å². The predicted molar refractivity (Wildman–Crippen MR) is 185 cm³/mol. The molecule has 0 saturated heterocycles. The Morgan fingerprint density at radius 1 is 0.711 bits per heavy atom. The molecule has 5 heteroatoms. The molecule has 0 amide bonds. The number of unbranched alkanes of at least 4 members (excludes halogenated alkanes) is 2. The number of aromatic nitrogens is 4. The van der Waals surface area contributed by atoms with E-state index in [-0.39, 0.29) is 0 Å². The number of rotatable bonds is 9. The fourth-order valence-electron chi connectivity index (χ4n) is 6.47. The zero-order chi connectivity index (χ0) is 30.9. The molecule has 0 saturated carbocycles. The molecule has 0 aliphatic carbocycles. The highest BCUT2D eigenvalue weighted by Crippen LogP contribution is 2.36. The maximum Gasteiger partial charge on any atom is 0.137 e. The topological polar surface area (TPSA) is 44.9 Å². The third-order valence-corrected chi connectivity index (χ3v) is 8.65. The van der Waals surface area contributed by atoms with Gasteiger partial charge in [0.15, 0.2) is 0 Å². The molecule has 45 heavy (non-hydrogen) atoms. The van der Waals surface area contributed by atoms with Gasteiger partial charge in [-0.3, -0.25) is 4.57 Å². The smallest absolute Gasteiger partial charge is 0.137 e. The highest BCUT2D eigenvalue weighted by molar-refractivity contribution is 6.09. The Bertz CT molecular complexity index is 2140. The van der Waals surface area contributed by atoms with Gasteiger partial charge < -0.3 is 4.74 Å². The van der Waals surface area contributed by atoms with Gasteiger partial charge in [0.25, 0.3) is 0 Å². The summed E-state index contributed by atoms with van der Waals surface area (Å²) in [5.74, 6) is 2.44. The quantitative estimate of drug-likeness (QED) is 0.157. The number of fused-ring (bicyclic) bond motifs is 3. The van der Waals surface area contributed by atoms with Crippen molar-refractivity contribution in [1.29, 1.82) is 0 Å². The molecule has 0 unspecified atom stereocenters. The van der Waals surface area contributed by atoms with E-state index in [1.807, 2.05) is 35.1 Å². The van der Waals surface area contributed by atoms with Crippen molar-refractivity contribution in [3.05, 3.63) is 132 Å².